The molecular formula is C21H22FN3O. The second-order valence-corrected chi connectivity index (χ2v) is 7.06. The van der Waals surface area contributed by atoms with E-state index in [0.29, 0.717) is 0 Å². The van der Waals surface area contributed by atoms with Gasteiger partial charge in [-0.1, -0.05) is 20.8 Å². The second-order valence-electron chi connectivity index (χ2n) is 7.06. The van der Waals surface area contributed by atoms with Gasteiger partial charge in [-0.05, 0) is 42.5 Å². The highest BCUT2D eigenvalue weighted by Crippen LogP contribution is 2.36. The minimum absolute atomic E-state index is 0.0742. The molecule has 0 aliphatic carbocycles. The maximum absolute atomic E-state index is 13.4. The molecule has 0 aliphatic heterocycles. The van der Waals surface area contributed by atoms with E-state index in [4.69, 9.17) is 4.98 Å². The topological polar surface area (TPSA) is 50.9 Å². The van der Waals surface area contributed by atoms with Crippen LogP contribution >= 0.6 is 0 Å². The first-order chi connectivity index (χ1) is 12.4. The van der Waals surface area contributed by atoms with E-state index in [9.17, 15) is 9.50 Å². The summed E-state index contributed by atoms with van der Waals surface area (Å²) < 4.78 is 15.4. The number of nitrogens with zero attached hydrogens (tertiary/aromatic N) is 3. The Morgan fingerprint density at radius 3 is 2.27 bits per heavy atom. The minimum Gasteiger partial charge on any atom is -0.392 e. The van der Waals surface area contributed by atoms with Gasteiger partial charge in [0.05, 0.1) is 18.0 Å². The molecule has 0 aliphatic rings. The van der Waals surface area contributed by atoms with Crippen LogP contribution in [-0.2, 0) is 5.41 Å². The zero-order valence-electron chi connectivity index (χ0n) is 15.1. The Labute approximate surface area is 152 Å². The fourth-order valence-electron chi connectivity index (χ4n) is 2.85. The van der Waals surface area contributed by atoms with E-state index in [-0.39, 0.29) is 17.8 Å². The van der Waals surface area contributed by atoms with Crippen LogP contribution in [0.5, 0.6) is 0 Å². The van der Waals surface area contributed by atoms with Crippen molar-refractivity contribution in [1.29, 1.82) is 0 Å². The van der Waals surface area contributed by atoms with Crippen molar-refractivity contribution < 1.29 is 9.50 Å². The van der Waals surface area contributed by atoms with Crippen molar-refractivity contribution in [3.05, 3.63) is 66.5 Å². The molecule has 0 atom stereocenters. The summed E-state index contributed by atoms with van der Waals surface area (Å²) in [6.07, 6.45) is 6.93. The van der Waals surface area contributed by atoms with E-state index in [1.807, 2.05) is 22.9 Å². The molecule has 1 aromatic carbocycles. The molecule has 0 radical (unpaired) electrons. The third-order valence-electron chi connectivity index (χ3n) is 4.01. The minimum atomic E-state index is -0.285. The average molecular weight is 351 g/mol. The summed E-state index contributed by atoms with van der Waals surface area (Å²) in [6.45, 7) is 6.19. The van der Waals surface area contributed by atoms with Crippen LogP contribution in [0.3, 0.4) is 0 Å². The summed E-state index contributed by atoms with van der Waals surface area (Å²) in [5.74, 6) is 0.570. The third-order valence-corrected chi connectivity index (χ3v) is 4.01. The van der Waals surface area contributed by atoms with Crippen molar-refractivity contribution in [1.82, 2.24) is 14.5 Å². The number of rotatable bonds is 4. The molecule has 26 heavy (non-hydrogen) atoms. The lowest BCUT2D eigenvalue weighted by atomic mass is 9.95. The highest BCUT2D eigenvalue weighted by Gasteiger charge is 2.26. The monoisotopic (exact) mass is 351 g/mol. The first-order valence-corrected chi connectivity index (χ1v) is 8.48. The first-order valence-electron chi connectivity index (χ1n) is 8.48. The molecule has 2 heterocycles. The van der Waals surface area contributed by atoms with Gasteiger partial charge in [0, 0.05) is 35.1 Å². The van der Waals surface area contributed by atoms with Crippen molar-refractivity contribution in [2.75, 3.05) is 6.61 Å². The number of pyridine rings is 1. The van der Waals surface area contributed by atoms with Crippen LogP contribution in [0, 0.1) is 5.82 Å². The lowest BCUT2D eigenvalue weighted by Crippen LogP contribution is -2.17. The van der Waals surface area contributed by atoms with Crippen molar-refractivity contribution >= 4 is 6.20 Å². The molecular weight excluding hydrogens is 329 g/mol. The van der Waals surface area contributed by atoms with Gasteiger partial charge in [-0.3, -0.25) is 4.98 Å². The normalized spacial score (nSPS) is 12.0. The Kier molecular flexibility index (Phi) is 5.00. The Morgan fingerprint density at radius 2 is 1.69 bits per heavy atom. The van der Waals surface area contributed by atoms with Gasteiger partial charge in [0.1, 0.15) is 11.6 Å². The summed E-state index contributed by atoms with van der Waals surface area (Å²) >= 11 is 0. The van der Waals surface area contributed by atoms with Crippen molar-refractivity contribution in [2.45, 2.75) is 26.2 Å². The van der Waals surface area contributed by atoms with Gasteiger partial charge in [0.2, 0.25) is 0 Å². The Balaban J connectivity index is 2.34. The van der Waals surface area contributed by atoms with Crippen LogP contribution in [0.1, 0.15) is 26.6 Å². The highest BCUT2D eigenvalue weighted by molar-refractivity contribution is 5.80. The molecule has 0 saturated carbocycles. The molecule has 4 nitrogen and oxygen atoms in total. The molecule has 0 fully saturated rings. The maximum Gasteiger partial charge on any atom is 0.123 e. The number of benzene rings is 1. The van der Waals surface area contributed by atoms with E-state index in [1.54, 1.807) is 30.6 Å². The molecule has 0 bridgehead atoms. The molecule has 134 valence electrons. The fraction of sp³-hybridized carbons (Fsp3) is 0.238. The molecule has 5 heteroatoms. The van der Waals surface area contributed by atoms with Crippen molar-refractivity contribution in [3.8, 4) is 22.5 Å². The lowest BCUT2D eigenvalue weighted by Gasteiger charge is -2.19. The largest absolute Gasteiger partial charge is 0.392 e. The average Bonchev–Trinajstić information content (AvgIpc) is 3.01. The zero-order valence-corrected chi connectivity index (χ0v) is 15.1. The number of hydrogen-bond acceptors (Lipinski definition) is 3. The van der Waals surface area contributed by atoms with E-state index in [0.717, 1.165) is 28.3 Å². The lowest BCUT2D eigenvalue weighted by molar-refractivity contribution is 0.343. The van der Waals surface area contributed by atoms with Crippen LogP contribution in [-0.4, -0.2) is 26.2 Å². The second kappa shape index (κ2) is 7.22. The number of aliphatic hydroxyl groups excluding tert-OH is 1. The number of hydrogen-bond donors (Lipinski definition) is 1. The van der Waals surface area contributed by atoms with Crippen molar-refractivity contribution in [3.63, 3.8) is 0 Å². The Morgan fingerprint density at radius 1 is 1.04 bits per heavy atom. The molecule has 3 aromatic rings. The number of imidazole rings is 1. The Hall–Kier alpha value is -2.79. The van der Waals surface area contributed by atoms with E-state index >= 15 is 0 Å². The molecule has 0 saturated heterocycles. The molecule has 2 aromatic heterocycles. The maximum atomic E-state index is 13.4. The Bertz CT molecular complexity index is 907. The van der Waals surface area contributed by atoms with Crippen LogP contribution in [0.2, 0.25) is 0 Å². The number of halogens is 1. The quantitative estimate of drug-likeness (QED) is 0.752. The van der Waals surface area contributed by atoms with Gasteiger partial charge in [0.25, 0.3) is 0 Å². The highest BCUT2D eigenvalue weighted by atomic mass is 19.1. The van der Waals surface area contributed by atoms with Crippen LogP contribution in [0.15, 0.2) is 54.9 Å². The van der Waals surface area contributed by atoms with Gasteiger partial charge in [0.15, 0.2) is 0 Å². The molecule has 3 rings (SSSR count). The predicted octanol–water partition coefficient (Wildman–Crippen LogP) is 4.51. The summed E-state index contributed by atoms with van der Waals surface area (Å²) in [6, 6.07) is 10.2. The summed E-state index contributed by atoms with van der Waals surface area (Å²) in [5.41, 5.74) is 3.21. The van der Waals surface area contributed by atoms with Gasteiger partial charge in [-0.2, -0.15) is 0 Å². The van der Waals surface area contributed by atoms with E-state index < -0.39 is 0 Å². The molecule has 0 unspecified atom stereocenters. The SMILES string of the molecule is CC(C)(C)c1nc(-c2ccncc2)c(-c2ccc(F)cc2)n1C=CCO. The summed E-state index contributed by atoms with van der Waals surface area (Å²) in [4.78, 5) is 8.99. The molecule has 0 amide bonds. The van der Waals surface area contributed by atoms with Gasteiger partial charge in [-0.25, -0.2) is 9.37 Å². The van der Waals surface area contributed by atoms with Crippen molar-refractivity contribution in [2.24, 2.45) is 0 Å². The fourth-order valence-corrected chi connectivity index (χ4v) is 2.85. The number of aromatic nitrogens is 3. The smallest absolute Gasteiger partial charge is 0.123 e. The van der Waals surface area contributed by atoms with Crippen LogP contribution in [0.25, 0.3) is 28.7 Å². The molecule has 1 N–H and O–H groups in total. The van der Waals surface area contributed by atoms with Gasteiger partial charge >= 0.3 is 0 Å². The summed E-state index contributed by atoms with van der Waals surface area (Å²) in [7, 11) is 0. The van der Waals surface area contributed by atoms with E-state index in [1.165, 1.54) is 12.1 Å². The zero-order chi connectivity index (χ0) is 18.7. The predicted molar refractivity (Wildman–Crippen MR) is 102 cm³/mol. The number of aliphatic hydroxyl groups is 1. The van der Waals surface area contributed by atoms with Gasteiger partial charge < -0.3 is 9.67 Å². The summed E-state index contributed by atoms with van der Waals surface area (Å²) in [5, 5.41) is 9.26. The van der Waals surface area contributed by atoms with E-state index in [2.05, 4.69) is 25.8 Å². The van der Waals surface area contributed by atoms with Gasteiger partial charge in [-0.15, -0.1) is 0 Å². The van der Waals surface area contributed by atoms with Crippen LogP contribution in [0.4, 0.5) is 4.39 Å². The standard InChI is InChI=1S/C21H22FN3O/c1-21(2,3)20-24-18(15-9-11-23-12-10-15)19(25(20)13-4-14-26)16-5-7-17(22)8-6-16/h4-13,26H,14H2,1-3H3. The first kappa shape index (κ1) is 18.0. The molecule has 0 spiro atoms. The van der Waals surface area contributed by atoms with Crippen LogP contribution < -0.4 is 0 Å². The third kappa shape index (κ3) is 3.58.